The lowest BCUT2D eigenvalue weighted by atomic mass is 10.1. The van der Waals surface area contributed by atoms with E-state index >= 15 is 0 Å². The molecule has 102 valence electrons. The summed E-state index contributed by atoms with van der Waals surface area (Å²) in [5.41, 5.74) is 6.71. The SMILES string of the molecule is CCOCCCOc1cc(OC)ccc1CCN. The fourth-order valence-corrected chi connectivity index (χ4v) is 1.65. The number of benzene rings is 1. The van der Waals surface area contributed by atoms with Crippen molar-refractivity contribution in [2.75, 3.05) is 33.5 Å². The van der Waals surface area contributed by atoms with Gasteiger partial charge in [0.05, 0.1) is 13.7 Å². The number of rotatable bonds is 9. The first-order valence-corrected chi connectivity index (χ1v) is 6.39. The minimum absolute atomic E-state index is 0.613. The Balaban J connectivity index is 2.54. The molecule has 1 aromatic carbocycles. The van der Waals surface area contributed by atoms with Crippen LogP contribution in [0.25, 0.3) is 0 Å². The van der Waals surface area contributed by atoms with Crippen LogP contribution in [0.2, 0.25) is 0 Å². The second kappa shape index (κ2) is 8.78. The summed E-state index contributed by atoms with van der Waals surface area (Å²) in [6.07, 6.45) is 1.69. The molecule has 0 radical (unpaired) electrons. The van der Waals surface area contributed by atoms with Crippen molar-refractivity contribution in [1.29, 1.82) is 0 Å². The Morgan fingerprint density at radius 2 is 2.06 bits per heavy atom. The lowest BCUT2D eigenvalue weighted by Gasteiger charge is -2.12. The van der Waals surface area contributed by atoms with Crippen molar-refractivity contribution in [2.24, 2.45) is 5.73 Å². The van der Waals surface area contributed by atoms with E-state index in [4.69, 9.17) is 19.9 Å². The van der Waals surface area contributed by atoms with E-state index in [0.29, 0.717) is 13.2 Å². The largest absolute Gasteiger partial charge is 0.497 e. The molecule has 0 heterocycles. The zero-order chi connectivity index (χ0) is 13.2. The van der Waals surface area contributed by atoms with Crippen LogP contribution >= 0.6 is 0 Å². The molecule has 0 aliphatic heterocycles. The summed E-state index contributed by atoms with van der Waals surface area (Å²) in [4.78, 5) is 0. The van der Waals surface area contributed by atoms with Crippen molar-refractivity contribution in [3.63, 3.8) is 0 Å². The van der Waals surface area contributed by atoms with Crippen LogP contribution in [0.15, 0.2) is 18.2 Å². The molecule has 0 unspecified atom stereocenters. The lowest BCUT2D eigenvalue weighted by Crippen LogP contribution is -2.07. The monoisotopic (exact) mass is 253 g/mol. The maximum Gasteiger partial charge on any atom is 0.126 e. The van der Waals surface area contributed by atoms with Gasteiger partial charge in [0.25, 0.3) is 0 Å². The quantitative estimate of drug-likeness (QED) is 0.684. The third kappa shape index (κ3) is 4.94. The van der Waals surface area contributed by atoms with Gasteiger partial charge in [-0.3, -0.25) is 0 Å². The Morgan fingerprint density at radius 3 is 2.72 bits per heavy atom. The summed E-state index contributed by atoms with van der Waals surface area (Å²) in [7, 11) is 1.65. The summed E-state index contributed by atoms with van der Waals surface area (Å²) >= 11 is 0. The second-order valence-corrected chi connectivity index (χ2v) is 3.91. The van der Waals surface area contributed by atoms with E-state index < -0.39 is 0 Å². The molecule has 0 fully saturated rings. The molecule has 0 aliphatic rings. The Labute approximate surface area is 109 Å². The van der Waals surface area contributed by atoms with E-state index in [9.17, 15) is 0 Å². The first-order chi connectivity index (χ1) is 8.81. The highest BCUT2D eigenvalue weighted by Crippen LogP contribution is 2.25. The molecule has 4 heteroatoms. The zero-order valence-electron chi connectivity index (χ0n) is 11.3. The summed E-state index contributed by atoms with van der Waals surface area (Å²) in [5.74, 6) is 1.66. The molecule has 4 nitrogen and oxygen atoms in total. The van der Waals surface area contributed by atoms with Gasteiger partial charge in [-0.05, 0) is 31.5 Å². The van der Waals surface area contributed by atoms with Crippen molar-refractivity contribution in [3.05, 3.63) is 23.8 Å². The Morgan fingerprint density at radius 1 is 1.22 bits per heavy atom. The Bertz CT molecular complexity index is 342. The number of ether oxygens (including phenoxy) is 3. The second-order valence-electron chi connectivity index (χ2n) is 3.91. The van der Waals surface area contributed by atoms with E-state index in [1.54, 1.807) is 7.11 Å². The van der Waals surface area contributed by atoms with Gasteiger partial charge in [0.1, 0.15) is 11.5 Å². The number of hydrogen-bond acceptors (Lipinski definition) is 4. The summed E-state index contributed by atoms with van der Waals surface area (Å²) in [6, 6.07) is 5.84. The molecule has 0 spiro atoms. The molecule has 2 N–H and O–H groups in total. The predicted octanol–water partition coefficient (Wildman–Crippen LogP) is 2.00. The number of nitrogens with two attached hydrogens (primary N) is 1. The highest BCUT2D eigenvalue weighted by atomic mass is 16.5. The van der Waals surface area contributed by atoms with Gasteiger partial charge in [0.15, 0.2) is 0 Å². The van der Waals surface area contributed by atoms with E-state index in [-0.39, 0.29) is 0 Å². The lowest BCUT2D eigenvalue weighted by molar-refractivity contribution is 0.130. The Hall–Kier alpha value is -1.26. The first-order valence-electron chi connectivity index (χ1n) is 6.39. The third-order valence-electron chi connectivity index (χ3n) is 2.58. The van der Waals surface area contributed by atoms with Gasteiger partial charge < -0.3 is 19.9 Å². The molecular formula is C14H23NO3. The fourth-order valence-electron chi connectivity index (χ4n) is 1.65. The van der Waals surface area contributed by atoms with Gasteiger partial charge in [-0.15, -0.1) is 0 Å². The maximum atomic E-state index is 5.76. The van der Waals surface area contributed by atoms with Gasteiger partial charge in [-0.25, -0.2) is 0 Å². The molecule has 1 aromatic rings. The molecule has 0 saturated carbocycles. The maximum absolute atomic E-state index is 5.76. The van der Waals surface area contributed by atoms with Crippen molar-refractivity contribution in [3.8, 4) is 11.5 Å². The fraction of sp³-hybridized carbons (Fsp3) is 0.571. The van der Waals surface area contributed by atoms with Crippen LogP contribution in [0.3, 0.4) is 0 Å². The van der Waals surface area contributed by atoms with Crippen LogP contribution in [0, 0.1) is 0 Å². The minimum atomic E-state index is 0.613. The van der Waals surface area contributed by atoms with Crippen molar-refractivity contribution >= 4 is 0 Å². The van der Waals surface area contributed by atoms with Crippen LogP contribution in [-0.4, -0.2) is 33.5 Å². The molecule has 0 aliphatic carbocycles. The van der Waals surface area contributed by atoms with Gasteiger partial charge in [0, 0.05) is 25.7 Å². The van der Waals surface area contributed by atoms with E-state index in [2.05, 4.69) is 0 Å². The predicted molar refractivity (Wildman–Crippen MR) is 72.4 cm³/mol. The molecule has 1 rings (SSSR count). The molecule has 0 bridgehead atoms. The average molecular weight is 253 g/mol. The molecule has 0 aromatic heterocycles. The highest BCUT2D eigenvalue weighted by molar-refractivity contribution is 5.40. The van der Waals surface area contributed by atoms with E-state index in [1.165, 1.54) is 0 Å². The standard InChI is InChI=1S/C14H23NO3/c1-3-17-9-4-10-18-14-11-13(16-2)6-5-12(14)7-8-15/h5-6,11H,3-4,7-10,15H2,1-2H3. The number of hydrogen-bond donors (Lipinski definition) is 1. The number of methoxy groups -OCH3 is 1. The zero-order valence-corrected chi connectivity index (χ0v) is 11.3. The van der Waals surface area contributed by atoms with Gasteiger partial charge in [-0.1, -0.05) is 6.07 Å². The average Bonchev–Trinajstić information content (AvgIpc) is 2.40. The first kappa shape index (κ1) is 14.8. The Kier molecular flexibility index (Phi) is 7.22. The van der Waals surface area contributed by atoms with Crippen molar-refractivity contribution in [2.45, 2.75) is 19.8 Å². The minimum Gasteiger partial charge on any atom is -0.497 e. The summed E-state index contributed by atoms with van der Waals surface area (Å²) in [6.45, 7) is 4.72. The highest BCUT2D eigenvalue weighted by Gasteiger charge is 2.05. The van der Waals surface area contributed by atoms with E-state index in [1.807, 2.05) is 25.1 Å². The molecule has 0 saturated heterocycles. The van der Waals surface area contributed by atoms with Crippen LogP contribution < -0.4 is 15.2 Å². The normalized spacial score (nSPS) is 10.4. The van der Waals surface area contributed by atoms with Crippen LogP contribution in [0.5, 0.6) is 11.5 Å². The molecule has 18 heavy (non-hydrogen) atoms. The van der Waals surface area contributed by atoms with Crippen LogP contribution in [0.4, 0.5) is 0 Å². The van der Waals surface area contributed by atoms with Crippen LogP contribution in [0.1, 0.15) is 18.9 Å². The van der Waals surface area contributed by atoms with Crippen molar-refractivity contribution in [1.82, 2.24) is 0 Å². The van der Waals surface area contributed by atoms with E-state index in [0.717, 1.165) is 43.1 Å². The van der Waals surface area contributed by atoms with Gasteiger partial charge >= 0.3 is 0 Å². The van der Waals surface area contributed by atoms with Gasteiger partial charge in [0.2, 0.25) is 0 Å². The summed E-state index contributed by atoms with van der Waals surface area (Å²) in [5, 5.41) is 0. The molecule has 0 atom stereocenters. The third-order valence-corrected chi connectivity index (χ3v) is 2.58. The molecule has 0 amide bonds. The smallest absolute Gasteiger partial charge is 0.126 e. The van der Waals surface area contributed by atoms with Gasteiger partial charge in [-0.2, -0.15) is 0 Å². The molecular weight excluding hydrogens is 230 g/mol. The van der Waals surface area contributed by atoms with Crippen molar-refractivity contribution < 1.29 is 14.2 Å². The topological polar surface area (TPSA) is 53.7 Å². The summed E-state index contributed by atoms with van der Waals surface area (Å²) < 4.78 is 16.2. The van der Waals surface area contributed by atoms with Crippen LogP contribution in [-0.2, 0) is 11.2 Å².